The number of hydrogen-bond donors (Lipinski definition) is 5. The van der Waals surface area contributed by atoms with Crippen molar-refractivity contribution in [3.05, 3.63) is 11.6 Å². The van der Waals surface area contributed by atoms with E-state index in [1.807, 2.05) is 13.8 Å². The summed E-state index contributed by atoms with van der Waals surface area (Å²) < 4.78 is 53.9. The van der Waals surface area contributed by atoms with Crippen LogP contribution in [-0.2, 0) is 66.6 Å². The third-order valence-corrected chi connectivity index (χ3v) is 15.9. The fraction of sp³-hybridized carbons (Fsp3) is 0.848. The quantitative estimate of drug-likeness (QED) is 0.129. The topological polar surface area (TPSA) is 270 Å². The van der Waals surface area contributed by atoms with Crippen molar-refractivity contribution in [2.75, 3.05) is 19.8 Å². The minimum Gasteiger partial charge on any atom is -0.456 e. The number of carbonyl (C=O) groups is 5. The molecule has 6 fully saturated rings. The number of fused-ring (bicyclic) bond motifs is 7. The van der Waals surface area contributed by atoms with Crippen molar-refractivity contribution in [2.45, 2.75) is 180 Å². The molecule has 5 N–H and O–H groups in total. The van der Waals surface area contributed by atoms with E-state index in [0.29, 0.717) is 32.1 Å². The van der Waals surface area contributed by atoms with Gasteiger partial charge in [0, 0.05) is 46.5 Å². The lowest BCUT2D eigenvalue weighted by atomic mass is 9.45. The van der Waals surface area contributed by atoms with E-state index in [1.54, 1.807) is 6.08 Å². The monoisotopic (exact) mass is 924 g/mol. The van der Waals surface area contributed by atoms with E-state index in [1.165, 1.54) is 27.7 Å². The Balaban J connectivity index is 1.15. The van der Waals surface area contributed by atoms with Gasteiger partial charge in [0.1, 0.15) is 24.4 Å². The minimum atomic E-state index is -1.57. The minimum absolute atomic E-state index is 0.00464. The summed E-state index contributed by atoms with van der Waals surface area (Å²) in [6.07, 6.45) is -8.99. The second-order valence-electron chi connectivity index (χ2n) is 20.2. The zero-order valence-corrected chi connectivity index (χ0v) is 38.5. The molecule has 21 atom stereocenters. The van der Waals surface area contributed by atoms with Gasteiger partial charge in [0.05, 0.1) is 32.0 Å². The van der Waals surface area contributed by atoms with Crippen LogP contribution >= 0.6 is 0 Å². The number of carbonyl (C=O) groups excluding carboxylic acids is 5. The first kappa shape index (κ1) is 49.8. The summed E-state index contributed by atoms with van der Waals surface area (Å²) in [5.74, 6) is -5.29. The summed E-state index contributed by atoms with van der Waals surface area (Å²) in [7, 11) is 0. The molecule has 19 heteroatoms. The van der Waals surface area contributed by atoms with Crippen molar-refractivity contribution in [3.8, 4) is 0 Å². The third kappa shape index (κ3) is 9.53. The van der Waals surface area contributed by atoms with E-state index < -0.39 is 115 Å². The van der Waals surface area contributed by atoms with Crippen molar-refractivity contribution < 1.29 is 92.1 Å². The Morgan fingerprint density at radius 2 is 1.52 bits per heavy atom. The molecule has 0 bridgehead atoms. The van der Waals surface area contributed by atoms with Crippen LogP contribution in [0.25, 0.3) is 0 Å². The van der Waals surface area contributed by atoms with Gasteiger partial charge in [-0.1, -0.05) is 33.3 Å². The van der Waals surface area contributed by atoms with Gasteiger partial charge >= 0.3 is 23.9 Å². The van der Waals surface area contributed by atoms with Gasteiger partial charge in [0.15, 0.2) is 48.6 Å². The maximum atomic E-state index is 13.4. The number of hydrogen-bond acceptors (Lipinski definition) is 19. The normalized spacial score (nSPS) is 46.1. The van der Waals surface area contributed by atoms with Crippen molar-refractivity contribution in [2.24, 2.45) is 46.3 Å². The predicted molar refractivity (Wildman–Crippen MR) is 220 cm³/mol. The summed E-state index contributed by atoms with van der Waals surface area (Å²) in [5, 5.41) is 52.7. The zero-order chi connectivity index (χ0) is 47.5. The molecule has 0 amide bonds. The Hall–Kier alpha value is -3.11. The number of esters is 4. The average molecular weight is 925 g/mol. The van der Waals surface area contributed by atoms with Gasteiger partial charge in [-0.25, -0.2) is 0 Å². The van der Waals surface area contributed by atoms with Crippen molar-refractivity contribution in [1.82, 2.24) is 0 Å². The number of allylic oxidation sites excluding steroid dienone is 1. The molecular weight excluding hydrogens is 856 g/mol. The van der Waals surface area contributed by atoms with Gasteiger partial charge < -0.3 is 68.2 Å². The number of ketones is 1. The van der Waals surface area contributed by atoms with Crippen LogP contribution in [0.3, 0.4) is 0 Å². The number of aliphatic hydroxyl groups is 5. The lowest BCUT2D eigenvalue weighted by Crippen LogP contribution is -2.62. The Labute approximate surface area is 378 Å². The SMILES string of the molecule is CC(=O)OC1CC2(C)C(=CC1=O)CCC1C2C(OC2OCC(OC(C)=O)C(OC(C)=O)C2OC(C)=O)CC2(C)C1CC1OC(O)(CCC(C)COC3OC(CO)C(O)C(O)C3O)C(C)C12. The zero-order valence-electron chi connectivity index (χ0n) is 38.5. The molecule has 19 nitrogen and oxygen atoms in total. The van der Waals surface area contributed by atoms with Gasteiger partial charge in [0.25, 0.3) is 0 Å². The molecule has 0 aromatic carbocycles. The molecule has 0 spiro atoms. The predicted octanol–water partition coefficient (Wildman–Crippen LogP) is 1.39. The standard InChI is InChI=1S/C46H68O19/c1-20(18-57-42-39(55)38(54)37(53)33(17-47)64-42)11-12-46(56)21(2)35-30(65-46)14-28-27-10-9-26-13-29(52)31(59-22(3)48)15-44(26,7)36(27)32(16-45(28,35)8)63-43-41(62-25(6)51)40(61-24(5)50)34(19-58-43)60-23(4)49/h13,20-21,27-28,30-43,47,53-56H,9-12,14-19H2,1-8H3. The van der Waals surface area contributed by atoms with Crippen molar-refractivity contribution >= 4 is 29.7 Å². The van der Waals surface area contributed by atoms with Crippen LogP contribution in [-0.4, -0.2) is 154 Å². The van der Waals surface area contributed by atoms with Crippen molar-refractivity contribution in [3.63, 3.8) is 0 Å². The maximum absolute atomic E-state index is 13.4. The molecule has 4 aliphatic carbocycles. The maximum Gasteiger partial charge on any atom is 0.303 e. The first-order valence-electron chi connectivity index (χ1n) is 23.0. The third-order valence-electron chi connectivity index (χ3n) is 15.9. The highest BCUT2D eigenvalue weighted by Gasteiger charge is 2.70. The van der Waals surface area contributed by atoms with Crippen LogP contribution < -0.4 is 0 Å². The van der Waals surface area contributed by atoms with Gasteiger partial charge in [0.2, 0.25) is 0 Å². The summed E-state index contributed by atoms with van der Waals surface area (Å²) in [5.41, 5.74) is -0.250. The number of aliphatic hydroxyl groups excluding tert-OH is 4. The number of ether oxygens (including phenoxy) is 9. The smallest absolute Gasteiger partial charge is 0.303 e. The van der Waals surface area contributed by atoms with E-state index in [9.17, 15) is 49.5 Å². The molecule has 3 aliphatic heterocycles. The van der Waals surface area contributed by atoms with Gasteiger partial charge in [-0.15, -0.1) is 0 Å². The molecule has 0 radical (unpaired) electrons. The molecule has 0 aromatic rings. The Morgan fingerprint density at radius 3 is 2.17 bits per heavy atom. The summed E-state index contributed by atoms with van der Waals surface area (Å²) >= 11 is 0. The lowest BCUT2D eigenvalue weighted by Gasteiger charge is -2.61. The number of rotatable bonds is 13. The Morgan fingerprint density at radius 1 is 0.862 bits per heavy atom. The van der Waals surface area contributed by atoms with Crippen LogP contribution in [0.5, 0.6) is 0 Å². The summed E-state index contributed by atoms with van der Waals surface area (Å²) in [4.78, 5) is 62.9. The summed E-state index contributed by atoms with van der Waals surface area (Å²) in [6.45, 7) is 12.3. The first-order valence-corrected chi connectivity index (χ1v) is 23.0. The Kier molecular flexibility index (Phi) is 14.6. The van der Waals surface area contributed by atoms with E-state index in [2.05, 4.69) is 13.8 Å². The highest BCUT2D eigenvalue weighted by atomic mass is 16.7. The molecule has 65 heavy (non-hydrogen) atoms. The molecule has 7 rings (SSSR count). The molecule has 3 saturated carbocycles. The largest absolute Gasteiger partial charge is 0.456 e. The van der Waals surface area contributed by atoms with Crippen LogP contribution in [0.2, 0.25) is 0 Å². The first-order chi connectivity index (χ1) is 30.5. The highest BCUT2D eigenvalue weighted by Crippen LogP contribution is 2.71. The van der Waals surface area contributed by atoms with Crippen LogP contribution in [0.4, 0.5) is 0 Å². The van der Waals surface area contributed by atoms with Crippen LogP contribution in [0, 0.1) is 46.3 Å². The second kappa shape index (κ2) is 19.1. The van der Waals surface area contributed by atoms with Crippen LogP contribution in [0.1, 0.15) is 100 Å². The molecule has 7 aliphatic rings. The lowest BCUT2D eigenvalue weighted by molar-refractivity contribution is -0.309. The average Bonchev–Trinajstić information content (AvgIpc) is 3.65. The van der Waals surface area contributed by atoms with E-state index in [0.717, 1.165) is 5.57 Å². The van der Waals surface area contributed by atoms with Crippen molar-refractivity contribution in [1.29, 1.82) is 0 Å². The van der Waals surface area contributed by atoms with E-state index in [4.69, 9.17) is 42.6 Å². The van der Waals surface area contributed by atoms with Crippen LogP contribution in [0.15, 0.2) is 11.6 Å². The molecule has 366 valence electrons. The van der Waals surface area contributed by atoms with E-state index in [-0.39, 0.29) is 73.5 Å². The fourth-order valence-corrected chi connectivity index (χ4v) is 13.1. The summed E-state index contributed by atoms with van der Waals surface area (Å²) in [6, 6.07) is 0. The Bertz CT molecular complexity index is 1840. The molecular formula is C46H68O19. The van der Waals surface area contributed by atoms with Gasteiger partial charge in [-0.3, -0.25) is 24.0 Å². The molecule has 0 aromatic heterocycles. The van der Waals surface area contributed by atoms with Gasteiger partial charge in [-0.2, -0.15) is 0 Å². The second-order valence-corrected chi connectivity index (χ2v) is 20.2. The molecule has 3 heterocycles. The molecule has 3 saturated heterocycles. The fourth-order valence-electron chi connectivity index (χ4n) is 13.1. The molecule has 21 unspecified atom stereocenters. The highest BCUT2D eigenvalue weighted by molar-refractivity contribution is 5.96. The van der Waals surface area contributed by atoms with E-state index >= 15 is 0 Å². The van der Waals surface area contributed by atoms with Gasteiger partial charge in [-0.05, 0) is 78.6 Å².